The van der Waals surface area contributed by atoms with E-state index < -0.39 is 5.41 Å². The van der Waals surface area contributed by atoms with Crippen molar-refractivity contribution in [1.29, 1.82) is 0 Å². The Morgan fingerprint density at radius 2 is 2.33 bits per heavy atom. The highest BCUT2D eigenvalue weighted by Crippen LogP contribution is 2.22. The molecule has 0 rings (SSSR count). The van der Waals surface area contributed by atoms with Crippen molar-refractivity contribution >= 4 is 17.7 Å². The van der Waals surface area contributed by atoms with Crippen LogP contribution in [0.15, 0.2) is 0 Å². The van der Waals surface area contributed by atoms with Gasteiger partial charge in [0.05, 0.1) is 5.41 Å². The minimum absolute atomic E-state index is 0.229. The third-order valence-corrected chi connectivity index (χ3v) is 1.99. The van der Waals surface area contributed by atoms with E-state index in [4.69, 9.17) is 6.42 Å². The number of terminal acetylenes is 1. The summed E-state index contributed by atoms with van der Waals surface area (Å²) in [6.07, 6.45) is 5.74. The van der Waals surface area contributed by atoms with E-state index in [1.165, 1.54) is 0 Å². The summed E-state index contributed by atoms with van der Waals surface area (Å²) < 4.78 is 0. The molecular formula is C7H10OS. The number of hydrogen-bond acceptors (Lipinski definition) is 1. The van der Waals surface area contributed by atoms with Crippen LogP contribution in [0.4, 0.5) is 0 Å². The van der Waals surface area contributed by atoms with E-state index in [-0.39, 0.29) is 5.12 Å². The molecule has 1 unspecified atom stereocenters. The molecule has 0 spiro atoms. The lowest BCUT2D eigenvalue weighted by molar-refractivity contribution is -0.116. The zero-order valence-electron chi connectivity index (χ0n) is 5.64. The monoisotopic (exact) mass is 142 g/mol. The minimum atomic E-state index is -0.664. The summed E-state index contributed by atoms with van der Waals surface area (Å²) in [4.78, 5) is 10.6. The van der Waals surface area contributed by atoms with Gasteiger partial charge in [0.2, 0.25) is 5.12 Å². The maximum atomic E-state index is 10.6. The van der Waals surface area contributed by atoms with Crippen LogP contribution in [-0.2, 0) is 4.79 Å². The maximum absolute atomic E-state index is 10.6. The van der Waals surface area contributed by atoms with Gasteiger partial charge in [-0.15, -0.1) is 19.1 Å². The molecule has 0 fully saturated rings. The molecule has 1 nitrogen and oxygen atoms in total. The molecule has 0 aliphatic rings. The molecule has 1 atom stereocenters. The van der Waals surface area contributed by atoms with Crippen LogP contribution in [-0.4, -0.2) is 5.12 Å². The molecule has 50 valence electrons. The Morgan fingerprint density at radius 3 is 2.33 bits per heavy atom. The predicted molar refractivity (Wildman–Crippen MR) is 41.2 cm³/mol. The first kappa shape index (κ1) is 8.58. The number of carbonyl (C=O) groups excluding carboxylic acids is 1. The molecule has 2 heteroatoms. The second-order valence-corrected chi connectivity index (χ2v) is 2.54. The van der Waals surface area contributed by atoms with Crippen molar-refractivity contribution in [3.8, 4) is 12.3 Å². The lowest BCUT2D eigenvalue weighted by atomic mass is 9.91. The molecule has 0 aromatic rings. The zero-order chi connectivity index (χ0) is 7.49. The Morgan fingerprint density at radius 1 is 1.89 bits per heavy atom. The molecule has 9 heavy (non-hydrogen) atoms. The van der Waals surface area contributed by atoms with Crippen LogP contribution in [0.1, 0.15) is 20.3 Å². The Bertz CT molecular complexity index is 157. The van der Waals surface area contributed by atoms with E-state index in [1.807, 2.05) is 6.92 Å². The minimum Gasteiger partial charge on any atom is -0.286 e. The summed E-state index contributed by atoms with van der Waals surface area (Å²) in [6, 6.07) is 0. The maximum Gasteiger partial charge on any atom is 0.203 e. The normalized spacial score (nSPS) is 15.8. The predicted octanol–water partition coefficient (Wildman–Crippen LogP) is 1.49. The molecule has 0 N–H and O–H groups in total. The third kappa shape index (κ3) is 1.76. The first-order chi connectivity index (χ1) is 4.06. The Labute approximate surface area is 61.2 Å². The van der Waals surface area contributed by atoms with Crippen molar-refractivity contribution in [2.75, 3.05) is 0 Å². The highest BCUT2D eigenvalue weighted by molar-refractivity contribution is 7.96. The van der Waals surface area contributed by atoms with Gasteiger partial charge in [-0.3, -0.25) is 4.79 Å². The largest absolute Gasteiger partial charge is 0.286 e. The molecule has 0 aromatic heterocycles. The smallest absolute Gasteiger partial charge is 0.203 e. The fourth-order valence-corrected chi connectivity index (χ4v) is 0.538. The van der Waals surface area contributed by atoms with Crippen LogP contribution < -0.4 is 0 Å². The quantitative estimate of drug-likeness (QED) is 0.456. The topological polar surface area (TPSA) is 17.1 Å². The molecule has 0 amide bonds. The van der Waals surface area contributed by atoms with Crippen molar-refractivity contribution in [2.45, 2.75) is 20.3 Å². The second kappa shape index (κ2) is 2.93. The summed E-state index contributed by atoms with van der Waals surface area (Å²) in [7, 11) is 0. The summed E-state index contributed by atoms with van der Waals surface area (Å²) in [5.41, 5.74) is -0.664. The van der Waals surface area contributed by atoms with Crippen LogP contribution >= 0.6 is 12.6 Å². The fraction of sp³-hybridized carbons (Fsp3) is 0.571. The average Bonchev–Trinajstić information content (AvgIpc) is 1.86. The van der Waals surface area contributed by atoms with Gasteiger partial charge in [0, 0.05) is 0 Å². The van der Waals surface area contributed by atoms with Crippen LogP contribution in [0, 0.1) is 17.8 Å². The van der Waals surface area contributed by atoms with Gasteiger partial charge in [0.25, 0.3) is 0 Å². The summed E-state index contributed by atoms with van der Waals surface area (Å²) in [6.45, 7) is 3.58. The molecule has 0 aliphatic heterocycles. The molecule has 0 aromatic carbocycles. The van der Waals surface area contributed by atoms with Gasteiger partial charge in [-0.05, 0) is 13.3 Å². The van der Waals surface area contributed by atoms with E-state index in [9.17, 15) is 4.79 Å². The van der Waals surface area contributed by atoms with Gasteiger partial charge < -0.3 is 0 Å². The van der Waals surface area contributed by atoms with Crippen LogP contribution in [0.5, 0.6) is 0 Å². The summed E-state index contributed by atoms with van der Waals surface area (Å²) in [5.74, 6) is 2.40. The number of rotatable bonds is 2. The molecule has 0 saturated carbocycles. The van der Waals surface area contributed by atoms with Crippen LogP contribution in [0.3, 0.4) is 0 Å². The van der Waals surface area contributed by atoms with Crippen molar-refractivity contribution in [2.24, 2.45) is 5.41 Å². The van der Waals surface area contributed by atoms with Crippen molar-refractivity contribution in [3.63, 3.8) is 0 Å². The van der Waals surface area contributed by atoms with E-state index in [2.05, 4.69) is 18.5 Å². The molecular weight excluding hydrogens is 132 g/mol. The SMILES string of the molecule is C#CC(C)(CC)C(=O)S. The number of carbonyl (C=O) groups is 1. The highest BCUT2D eigenvalue weighted by atomic mass is 32.1. The summed E-state index contributed by atoms with van der Waals surface area (Å²) in [5, 5.41) is -0.229. The first-order valence-electron chi connectivity index (χ1n) is 2.78. The molecule has 0 aliphatic carbocycles. The van der Waals surface area contributed by atoms with Crippen molar-refractivity contribution in [1.82, 2.24) is 0 Å². The van der Waals surface area contributed by atoms with E-state index in [0.29, 0.717) is 6.42 Å². The lowest BCUT2D eigenvalue weighted by Gasteiger charge is -2.15. The fourth-order valence-electron chi connectivity index (χ4n) is 0.315. The molecule has 0 bridgehead atoms. The lowest BCUT2D eigenvalue weighted by Crippen LogP contribution is -2.19. The molecule has 0 heterocycles. The van der Waals surface area contributed by atoms with E-state index in [1.54, 1.807) is 6.92 Å². The average molecular weight is 142 g/mol. The number of hydrogen-bond donors (Lipinski definition) is 1. The third-order valence-electron chi connectivity index (χ3n) is 1.50. The Kier molecular flexibility index (Phi) is 2.80. The summed E-state index contributed by atoms with van der Waals surface area (Å²) >= 11 is 3.66. The highest BCUT2D eigenvalue weighted by Gasteiger charge is 2.25. The molecule has 0 radical (unpaired) electrons. The van der Waals surface area contributed by atoms with Crippen molar-refractivity contribution in [3.05, 3.63) is 0 Å². The standard InChI is InChI=1S/C7H10OS/c1-4-7(3,5-2)6(8)9/h1H,5H2,2-3H3,(H,8,9). The Balaban J connectivity index is 4.33. The van der Waals surface area contributed by atoms with Crippen LogP contribution in [0.25, 0.3) is 0 Å². The van der Waals surface area contributed by atoms with Gasteiger partial charge in [-0.2, -0.15) is 0 Å². The van der Waals surface area contributed by atoms with E-state index in [0.717, 1.165) is 0 Å². The van der Waals surface area contributed by atoms with Gasteiger partial charge in [-0.25, -0.2) is 0 Å². The first-order valence-corrected chi connectivity index (χ1v) is 3.22. The van der Waals surface area contributed by atoms with E-state index >= 15 is 0 Å². The van der Waals surface area contributed by atoms with Crippen LogP contribution in [0.2, 0.25) is 0 Å². The second-order valence-electron chi connectivity index (χ2n) is 2.14. The Hall–Kier alpha value is -0.420. The van der Waals surface area contributed by atoms with Crippen molar-refractivity contribution < 1.29 is 4.79 Å². The van der Waals surface area contributed by atoms with Gasteiger partial charge in [0.1, 0.15) is 0 Å². The zero-order valence-corrected chi connectivity index (χ0v) is 6.53. The molecule has 0 saturated heterocycles. The van der Waals surface area contributed by atoms with Gasteiger partial charge >= 0.3 is 0 Å². The number of thiol groups is 1. The van der Waals surface area contributed by atoms with Gasteiger partial charge in [-0.1, -0.05) is 12.8 Å². The van der Waals surface area contributed by atoms with Gasteiger partial charge in [0.15, 0.2) is 0 Å².